The molecule has 0 radical (unpaired) electrons. The van der Waals surface area contributed by atoms with Crippen LogP contribution in [-0.2, 0) is 10.2 Å². The molecule has 1 rings (SSSR count). The molecule has 1 aromatic rings. The van der Waals surface area contributed by atoms with Crippen molar-refractivity contribution in [3.8, 4) is 0 Å². The van der Waals surface area contributed by atoms with Gasteiger partial charge in [-0.2, -0.15) is 0 Å². The van der Waals surface area contributed by atoms with E-state index in [0.29, 0.717) is 0 Å². The fourth-order valence-electron chi connectivity index (χ4n) is 1.82. The number of aliphatic hydroxyl groups is 1. The molecular formula is C20H30O3. The highest BCUT2D eigenvalue weighted by molar-refractivity contribution is 5.80. The Bertz CT molecular complexity index is 521. The standard InChI is InChI=1S/C10H12O2.C10H18O/c1-10(2,9(11)12)8-6-4-3-5-7-8;1-9(2)5-4-6-10(3)7-8-11/h3-7H,1-2H3,(H,11,12);5,7,11H,4,6,8H2,1-3H3/b;10-7-. The quantitative estimate of drug-likeness (QED) is 0.746. The Labute approximate surface area is 140 Å². The minimum atomic E-state index is -0.797. The van der Waals surface area contributed by atoms with Crippen LogP contribution in [0.3, 0.4) is 0 Å². The lowest BCUT2D eigenvalue weighted by Crippen LogP contribution is -2.28. The number of carboxylic acid groups (broad SMARTS) is 1. The number of hydrogen-bond acceptors (Lipinski definition) is 2. The highest BCUT2D eigenvalue weighted by atomic mass is 16.4. The lowest BCUT2D eigenvalue weighted by atomic mass is 9.85. The summed E-state index contributed by atoms with van der Waals surface area (Å²) in [6.45, 7) is 9.82. The van der Waals surface area contributed by atoms with E-state index in [-0.39, 0.29) is 6.61 Å². The Morgan fingerprint density at radius 1 is 1.09 bits per heavy atom. The third kappa shape index (κ3) is 8.99. The molecule has 0 saturated heterocycles. The molecule has 128 valence electrons. The molecule has 0 aliphatic rings. The number of allylic oxidation sites excluding steroid dienone is 3. The molecule has 0 fully saturated rings. The number of benzene rings is 1. The normalized spacial score (nSPS) is 11.3. The first kappa shape index (κ1) is 21.1. The minimum absolute atomic E-state index is 0.167. The lowest BCUT2D eigenvalue weighted by molar-refractivity contribution is -0.142. The van der Waals surface area contributed by atoms with Gasteiger partial charge in [0.15, 0.2) is 0 Å². The Balaban J connectivity index is 0.000000423. The second kappa shape index (κ2) is 10.8. The number of carboxylic acids is 1. The highest BCUT2D eigenvalue weighted by Crippen LogP contribution is 2.22. The summed E-state index contributed by atoms with van der Waals surface area (Å²) in [6.07, 6.45) is 6.23. The van der Waals surface area contributed by atoms with Gasteiger partial charge in [-0.3, -0.25) is 4.79 Å². The lowest BCUT2D eigenvalue weighted by Gasteiger charge is -2.18. The van der Waals surface area contributed by atoms with Gasteiger partial charge < -0.3 is 10.2 Å². The molecule has 0 unspecified atom stereocenters. The van der Waals surface area contributed by atoms with Crippen LogP contribution < -0.4 is 0 Å². The zero-order valence-electron chi connectivity index (χ0n) is 15.0. The van der Waals surface area contributed by atoms with Gasteiger partial charge in [-0.15, -0.1) is 0 Å². The number of carbonyl (C=O) groups is 1. The van der Waals surface area contributed by atoms with Gasteiger partial charge in [-0.25, -0.2) is 0 Å². The zero-order valence-corrected chi connectivity index (χ0v) is 15.0. The second-order valence-electron chi connectivity index (χ2n) is 6.35. The molecule has 0 spiro atoms. The van der Waals surface area contributed by atoms with Crippen LogP contribution in [0.25, 0.3) is 0 Å². The average molecular weight is 318 g/mol. The van der Waals surface area contributed by atoms with Gasteiger partial charge in [0.05, 0.1) is 12.0 Å². The fourth-order valence-corrected chi connectivity index (χ4v) is 1.82. The van der Waals surface area contributed by atoms with E-state index in [0.717, 1.165) is 18.4 Å². The Morgan fingerprint density at radius 3 is 2.09 bits per heavy atom. The Hall–Kier alpha value is -1.87. The SMILES string of the molecule is CC(C)(C(=O)O)c1ccccc1.CC(C)=CCC/C(C)=C\CO. The van der Waals surface area contributed by atoms with Crippen molar-refractivity contribution < 1.29 is 15.0 Å². The van der Waals surface area contributed by atoms with Crippen LogP contribution in [0.15, 0.2) is 53.6 Å². The summed E-state index contributed by atoms with van der Waals surface area (Å²) in [7, 11) is 0. The molecule has 2 N–H and O–H groups in total. The highest BCUT2D eigenvalue weighted by Gasteiger charge is 2.28. The van der Waals surface area contributed by atoms with Crippen LogP contribution in [0.2, 0.25) is 0 Å². The first-order chi connectivity index (χ1) is 10.7. The minimum Gasteiger partial charge on any atom is -0.481 e. The number of rotatable bonds is 6. The number of hydrogen-bond donors (Lipinski definition) is 2. The molecule has 3 heteroatoms. The van der Waals surface area contributed by atoms with Gasteiger partial charge in [-0.05, 0) is 53.0 Å². The summed E-state index contributed by atoms with van der Waals surface area (Å²) in [5.74, 6) is -0.797. The molecule has 0 heterocycles. The van der Waals surface area contributed by atoms with E-state index in [2.05, 4.69) is 26.8 Å². The molecule has 0 aromatic heterocycles. The molecule has 23 heavy (non-hydrogen) atoms. The summed E-state index contributed by atoms with van der Waals surface area (Å²) in [5, 5.41) is 17.4. The van der Waals surface area contributed by atoms with Crippen molar-refractivity contribution in [2.24, 2.45) is 0 Å². The van der Waals surface area contributed by atoms with Gasteiger partial charge in [0.25, 0.3) is 0 Å². The largest absolute Gasteiger partial charge is 0.481 e. The van der Waals surface area contributed by atoms with Crippen molar-refractivity contribution in [1.29, 1.82) is 0 Å². The zero-order chi connectivity index (χ0) is 17.9. The van der Waals surface area contributed by atoms with Gasteiger partial charge in [0.1, 0.15) is 0 Å². The third-order valence-corrected chi connectivity index (χ3v) is 3.56. The first-order valence-electron chi connectivity index (χ1n) is 7.90. The average Bonchev–Trinajstić information content (AvgIpc) is 2.48. The van der Waals surface area contributed by atoms with Gasteiger partial charge in [0.2, 0.25) is 0 Å². The van der Waals surface area contributed by atoms with Crippen LogP contribution in [0.4, 0.5) is 0 Å². The summed E-state index contributed by atoms with van der Waals surface area (Å²) in [6, 6.07) is 9.23. The summed E-state index contributed by atoms with van der Waals surface area (Å²) in [4.78, 5) is 10.8. The van der Waals surface area contributed by atoms with Crippen molar-refractivity contribution in [1.82, 2.24) is 0 Å². The topological polar surface area (TPSA) is 57.5 Å². The number of aliphatic carboxylic acids is 1. The van der Waals surface area contributed by atoms with Crippen molar-refractivity contribution in [2.75, 3.05) is 6.61 Å². The van der Waals surface area contributed by atoms with Crippen molar-refractivity contribution >= 4 is 5.97 Å². The van der Waals surface area contributed by atoms with E-state index < -0.39 is 11.4 Å². The van der Waals surface area contributed by atoms with Crippen LogP contribution >= 0.6 is 0 Å². The van der Waals surface area contributed by atoms with Crippen molar-refractivity contribution in [3.05, 3.63) is 59.2 Å². The van der Waals surface area contributed by atoms with E-state index >= 15 is 0 Å². The van der Waals surface area contributed by atoms with E-state index in [4.69, 9.17) is 10.2 Å². The van der Waals surface area contributed by atoms with E-state index in [9.17, 15) is 4.79 Å². The predicted octanol–water partition coefficient (Wildman–Crippen LogP) is 4.72. The molecule has 0 aliphatic carbocycles. The van der Waals surface area contributed by atoms with Crippen LogP contribution in [0, 0.1) is 0 Å². The van der Waals surface area contributed by atoms with Crippen molar-refractivity contribution in [2.45, 2.75) is 52.9 Å². The van der Waals surface area contributed by atoms with E-state index in [1.54, 1.807) is 13.8 Å². The summed E-state index contributed by atoms with van der Waals surface area (Å²) in [5.41, 5.74) is 2.67. The maximum absolute atomic E-state index is 10.8. The molecule has 0 atom stereocenters. The number of aliphatic hydroxyl groups excluding tert-OH is 1. The predicted molar refractivity (Wildman–Crippen MR) is 96.6 cm³/mol. The third-order valence-electron chi connectivity index (χ3n) is 3.56. The van der Waals surface area contributed by atoms with Crippen LogP contribution in [0.1, 0.15) is 53.0 Å². The smallest absolute Gasteiger partial charge is 0.313 e. The second-order valence-corrected chi connectivity index (χ2v) is 6.35. The van der Waals surface area contributed by atoms with E-state index in [1.165, 1.54) is 11.1 Å². The maximum Gasteiger partial charge on any atom is 0.313 e. The monoisotopic (exact) mass is 318 g/mol. The van der Waals surface area contributed by atoms with E-state index in [1.807, 2.05) is 36.4 Å². The molecular weight excluding hydrogens is 288 g/mol. The molecule has 1 aromatic carbocycles. The maximum atomic E-state index is 10.8. The molecule has 0 aliphatic heterocycles. The van der Waals surface area contributed by atoms with Gasteiger partial charge in [0, 0.05) is 0 Å². The molecule has 0 saturated carbocycles. The summed E-state index contributed by atoms with van der Waals surface area (Å²) < 4.78 is 0. The van der Waals surface area contributed by atoms with Gasteiger partial charge in [-0.1, -0.05) is 53.6 Å². The molecule has 0 amide bonds. The first-order valence-corrected chi connectivity index (χ1v) is 7.90. The Kier molecular flexibility index (Phi) is 9.91. The molecule has 0 bridgehead atoms. The Morgan fingerprint density at radius 2 is 1.65 bits per heavy atom. The fraction of sp³-hybridized carbons (Fsp3) is 0.450. The van der Waals surface area contributed by atoms with Gasteiger partial charge >= 0.3 is 5.97 Å². The van der Waals surface area contributed by atoms with Crippen molar-refractivity contribution in [3.63, 3.8) is 0 Å². The summed E-state index contributed by atoms with van der Waals surface area (Å²) >= 11 is 0. The molecule has 3 nitrogen and oxygen atoms in total. The van der Waals surface area contributed by atoms with Crippen LogP contribution in [0.5, 0.6) is 0 Å². The van der Waals surface area contributed by atoms with Crippen LogP contribution in [-0.4, -0.2) is 22.8 Å².